The number of carbonyl (C=O) groups is 2. The van der Waals surface area contributed by atoms with Crippen molar-refractivity contribution in [3.63, 3.8) is 0 Å². The molecule has 0 aromatic rings. The molecule has 0 amide bonds. The van der Waals surface area contributed by atoms with E-state index in [9.17, 15) is 19.0 Å². The van der Waals surface area contributed by atoms with Gasteiger partial charge in [0, 0.05) is 12.8 Å². The number of carbonyl (C=O) groups excluding carboxylic acids is 2. The minimum absolute atomic E-state index is 0.0449. The molecule has 0 aliphatic carbocycles. The topological polar surface area (TPSA) is 111 Å². The van der Waals surface area contributed by atoms with Crippen LogP contribution in [0.4, 0.5) is 0 Å². The number of allylic oxidation sites excluding steroid dienone is 16. The Labute approximate surface area is 417 Å². The van der Waals surface area contributed by atoms with Crippen molar-refractivity contribution in [3.8, 4) is 0 Å². The normalized spacial score (nSPS) is 14.1. The van der Waals surface area contributed by atoms with Crippen LogP contribution in [0.25, 0.3) is 0 Å². The number of rotatable bonds is 48. The maximum absolute atomic E-state index is 12.7. The number of nitrogens with zero attached hydrogens (tertiary/aromatic N) is 1. The fourth-order valence-electron chi connectivity index (χ4n) is 6.92. The quantitative estimate of drug-likeness (QED) is 0.0195. The Kier molecular flexibility index (Phi) is 46.7. The molecule has 10 heteroatoms. The van der Waals surface area contributed by atoms with Gasteiger partial charge in [0.15, 0.2) is 6.10 Å². The molecule has 9 nitrogen and oxygen atoms in total. The van der Waals surface area contributed by atoms with Crippen molar-refractivity contribution < 1.29 is 42.1 Å². The highest BCUT2D eigenvalue weighted by Gasteiger charge is 2.21. The number of hydrogen-bond acceptors (Lipinski definition) is 8. The molecule has 390 valence electrons. The van der Waals surface area contributed by atoms with Gasteiger partial charge in [0.25, 0.3) is 7.82 Å². The average Bonchev–Trinajstić information content (AvgIpc) is 3.30. The zero-order valence-electron chi connectivity index (χ0n) is 44.0. The molecule has 0 rings (SSSR count). The maximum atomic E-state index is 12.7. The maximum Gasteiger partial charge on any atom is 0.306 e. The molecular weight excluding hydrogens is 870 g/mol. The van der Waals surface area contributed by atoms with Crippen molar-refractivity contribution >= 4 is 19.8 Å². The second-order valence-corrected chi connectivity index (χ2v) is 20.3. The van der Waals surface area contributed by atoms with Gasteiger partial charge < -0.3 is 27.9 Å². The first-order valence-corrected chi connectivity index (χ1v) is 28.4. The van der Waals surface area contributed by atoms with Gasteiger partial charge in [-0.2, -0.15) is 0 Å². The van der Waals surface area contributed by atoms with Crippen molar-refractivity contribution in [3.05, 3.63) is 97.2 Å². The van der Waals surface area contributed by atoms with Crippen LogP contribution in [0.15, 0.2) is 97.2 Å². The van der Waals surface area contributed by atoms with E-state index in [2.05, 4.69) is 111 Å². The van der Waals surface area contributed by atoms with E-state index in [0.29, 0.717) is 17.4 Å². The summed E-state index contributed by atoms with van der Waals surface area (Å²) >= 11 is 0. The summed E-state index contributed by atoms with van der Waals surface area (Å²) in [6.07, 6.45) is 65.9. The lowest BCUT2D eigenvalue weighted by atomic mass is 10.0. The predicted octanol–water partition coefficient (Wildman–Crippen LogP) is 15.8. The molecule has 68 heavy (non-hydrogen) atoms. The zero-order chi connectivity index (χ0) is 49.9. The van der Waals surface area contributed by atoms with E-state index in [4.69, 9.17) is 18.5 Å². The first-order chi connectivity index (χ1) is 33.0. The molecule has 0 fully saturated rings. The van der Waals surface area contributed by atoms with Crippen molar-refractivity contribution in [2.24, 2.45) is 0 Å². The van der Waals surface area contributed by atoms with E-state index in [1.54, 1.807) is 0 Å². The smallest absolute Gasteiger partial charge is 0.306 e. The third kappa shape index (κ3) is 52.3. The number of phosphoric ester groups is 1. The number of likely N-dealkylation sites (N-methyl/N-ethyl adjacent to an activating group) is 1. The number of hydrogen-bond donors (Lipinski definition) is 0. The molecule has 0 bridgehead atoms. The SMILES string of the molecule is CC/C=C\C/C=C\C/C=C\C/C=C\C/C=C\C/C=C\CCCCC(=O)OC(COC(=O)CCCCCCCCCCCCC/C=C\C/C=C\CCCCCCC)COP(=O)([O-])OCC[N+](C)(C)C. The minimum atomic E-state index is -4.65. The van der Waals surface area contributed by atoms with Crippen LogP contribution in [0.3, 0.4) is 0 Å². The number of quaternary nitrogens is 1. The van der Waals surface area contributed by atoms with E-state index < -0.39 is 32.5 Å². The molecular formula is C58H100NO8P. The highest BCUT2D eigenvalue weighted by Crippen LogP contribution is 2.38. The van der Waals surface area contributed by atoms with Crippen molar-refractivity contribution in [1.29, 1.82) is 0 Å². The van der Waals surface area contributed by atoms with Gasteiger partial charge in [0.05, 0.1) is 27.7 Å². The predicted molar refractivity (Wildman–Crippen MR) is 286 cm³/mol. The Morgan fingerprint density at radius 3 is 1.28 bits per heavy atom. The van der Waals surface area contributed by atoms with Crippen LogP contribution in [-0.4, -0.2) is 70.0 Å². The van der Waals surface area contributed by atoms with Gasteiger partial charge in [-0.3, -0.25) is 14.2 Å². The Hall–Kier alpha value is -3.07. The summed E-state index contributed by atoms with van der Waals surface area (Å²) in [6.45, 7) is 4.05. The number of phosphoric acid groups is 1. The molecule has 0 heterocycles. The van der Waals surface area contributed by atoms with Crippen molar-refractivity contribution in [2.45, 2.75) is 213 Å². The Bertz CT molecular complexity index is 1470. The largest absolute Gasteiger partial charge is 0.756 e. The van der Waals surface area contributed by atoms with Crippen LogP contribution in [-0.2, 0) is 32.7 Å². The number of esters is 2. The molecule has 0 aromatic carbocycles. The van der Waals surface area contributed by atoms with E-state index in [-0.39, 0.29) is 26.1 Å². The lowest BCUT2D eigenvalue weighted by Crippen LogP contribution is -2.37. The fraction of sp³-hybridized carbons (Fsp3) is 0.690. The molecule has 0 aliphatic rings. The van der Waals surface area contributed by atoms with Gasteiger partial charge >= 0.3 is 11.9 Å². The molecule has 0 saturated heterocycles. The van der Waals surface area contributed by atoms with E-state index in [0.717, 1.165) is 83.5 Å². The van der Waals surface area contributed by atoms with Gasteiger partial charge in [0.1, 0.15) is 19.8 Å². The highest BCUT2D eigenvalue weighted by atomic mass is 31.2. The van der Waals surface area contributed by atoms with Gasteiger partial charge in [-0.15, -0.1) is 0 Å². The second-order valence-electron chi connectivity index (χ2n) is 18.9. The Morgan fingerprint density at radius 1 is 0.471 bits per heavy atom. The molecule has 0 aliphatic heterocycles. The standard InChI is InChI=1S/C58H100NO8P/c1-6-8-10-12-14-16-18-20-22-24-26-28-29-31-32-34-36-38-40-42-44-46-48-50-57(60)64-54-56(55-66-68(62,63)65-53-52-59(3,4)5)67-58(61)51-49-47-45-43-41-39-37-35-33-30-27-25-23-21-19-17-15-13-11-9-7-2/h9,11,15,17-18,20-21,23-24,26-27,30,35,37,41,43,56H,6-8,10,12-14,16,19,22,25,28-29,31-34,36,38-40,42,44-55H2,1-5H3/b11-9-,17-15-,20-18-,23-21-,26-24-,30-27-,37-35-,43-41-. The summed E-state index contributed by atoms with van der Waals surface area (Å²) in [6, 6.07) is 0. The lowest BCUT2D eigenvalue weighted by Gasteiger charge is -2.28. The summed E-state index contributed by atoms with van der Waals surface area (Å²) in [5, 5.41) is 0. The van der Waals surface area contributed by atoms with Crippen LogP contribution >= 0.6 is 7.82 Å². The molecule has 0 spiro atoms. The summed E-state index contributed by atoms with van der Waals surface area (Å²) < 4.78 is 34.0. The summed E-state index contributed by atoms with van der Waals surface area (Å²) in [7, 11) is 1.12. The van der Waals surface area contributed by atoms with Crippen LogP contribution < -0.4 is 4.89 Å². The second kappa shape index (κ2) is 48.9. The Morgan fingerprint density at radius 2 is 0.838 bits per heavy atom. The lowest BCUT2D eigenvalue weighted by molar-refractivity contribution is -0.870. The molecule has 2 unspecified atom stereocenters. The van der Waals surface area contributed by atoms with Crippen molar-refractivity contribution in [2.75, 3.05) is 47.5 Å². The third-order valence-corrected chi connectivity index (χ3v) is 12.1. The van der Waals surface area contributed by atoms with E-state index >= 15 is 0 Å². The van der Waals surface area contributed by atoms with Crippen LogP contribution in [0.1, 0.15) is 206 Å². The number of unbranched alkanes of at least 4 members (excludes halogenated alkanes) is 18. The van der Waals surface area contributed by atoms with Gasteiger partial charge in [-0.1, -0.05) is 195 Å². The van der Waals surface area contributed by atoms with Crippen LogP contribution in [0, 0.1) is 0 Å². The monoisotopic (exact) mass is 970 g/mol. The van der Waals surface area contributed by atoms with Crippen LogP contribution in [0.5, 0.6) is 0 Å². The molecule has 0 radical (unpaired) electrons. The Balaban J connectivity index is 4.32. The summed E-state index contributed by atoms with van der Waals surface area (Å²) in [5.41, 5.74) is 0. The van der Waals surface area contributed by atoms with Gasteiger partial charge in [0.2, 0.25) is 0 Å². The first kappa shape index (κ1) is 64.9. The molecule has 0 saturated carbocycles. The highest BCUT2D eigenvalue weighted by molar-refractivity contribution is 7.45. The molecule has 0 N–H and O–H groups in total. The summed E-state index contributed by atoms with van der Waals surface area (Å²) in [4.78, 5) is 37.8. The van der Waals surface area contributed by atoms with E-state index in [1.807, 2.05) is 21.1 Å². The average molecular weight is 970 g/mol. The number of ether oxygens (including phenoxy) is 2. The van der Waals surface area contributed by atoms with Gasteiger partial charge in [-0.05, 0) is 96.3 Å². The summed E-state index contributed by atoms with van der Waals surface area (Å²) in [5.74, 6) is -0.892. The third-order valence-electron chi connectivity index (χ3n) is 11.1. The molecule has 2 atom stereocenters. The molecule has 0 aromatic heterocycles. The van der Waals surface area contributed by atoms with Gasteiger partial charge in [-0.25, -0.2) is 0 Å². The fourth-order valence-corrected chi connectivity index (χ4v) is 7.65. The first-order valence-electron chi connectivity index (χ1n) is 26.9. The van der Waals surface area contributed by atoms with E-state index in [1.165, 1.54) is 89.9 Å². The van der Waals surface area contributed by atoms with Crippen LogP contribution in [0.2, 0.25) is 0 Å². The minimum Gasteiger partial charge on any atom is -0.756 e. The van der Waals surface area contributed by atoms with Crippen molar-refractivity contribution in [1.82, 2.24) is 0 Å². The zero-order valence-corrected chi connectivity index (χ0v) is 44.9.